The fourth-order valence-electron chi connectivity index (χ4n) is 0. The molecule has 0 aliphatic heterocycles. The summed E-state index contributed by atoms with van der Waals surface area (Å²) in [6.45, 7) is 0. The molecule has 6 nitrogen and oxygen atoms in total. The molecule has 0 aromatic carbocycles. The Kier molecular flexibility index (Phi) is 16.9. The molecule has 0 aromatic rings. The van der Waals surface area contributed by atoms with Crippen molar-refractivity contribution >= 4 is 28.8 Å². The summed E-state index contributed by atoms with van der Waals surface area (Å²) in [7, 11) is -6.45. The Bertz CT molecular complexity index is 132. The van der Waals surface area contributed by atoms with Crippen LogP contribution < -0.4 is 51.4 Å². The van der Waals surface area contributed by atoms with E-state index in [1.807, 2.05) is 0 Å². The molecule has 0 radical (unpaired) electrons. The maximum Gasteiger partial charge on any atom is 1.00 e. The quantitative estimate of drug-likeness (QED) is 0.215. The van der Waals surface area contributed by atoms with Gasteiger partial charge in [0.25, 0.3) is 9.05 Å². The summed E-state index contributed by atoms with van der Waals surface area (Å²) in [5.74, 6) is 0. The molecule has 0 bridgehead atoms. The van der Waals surface area contributed by atoms with Crippen molar-refractivity contribution in [2.24, 2.45) is 0 Å². The maximum atomic E-state index is 9.11. The molecule has 0 aliphatic carbocycles. The van der Waals surface area contributed by atoms with Crippen LogP contribution in [0.1, 0.15) is 1.43 Å². The first-order valence-electron chi connectivity index (χ1n) is 1.30. The van der Waals surface area contributed by atoms with Crippen molar-refractivity contribution in [1.82, 2.24) is 0 Å². The summed E-state index contributed by atoms with van der Waals surface area (Å²) in [5, 5.41) is 0. The van der Waals surface area contributed by atoms with E-state index in [1.54, 1.807) is 0 Å². The Morgan fingerprint density at radius 3 is 1.30 bits per heavy atom. The Hall–Kier alpha value is 2.24. The standard InChI is InChI=1S/K.H3O3P.H2O3S2.H/c;1-4(2)3;1-5(2,3)4;/h;1-3H;(H2,1,2,3,4);/q+1;;;-1. The number of hydrogen-bond donors (Lipinski definition) is 5. The molecule has 0 fully saturated rings. The van der Waals surface area contributed by atoms with Gasteiger partial charge >= 0.3 is 60.0 Å². The second kappa shape index (κ2) is 9.33. The van der Waals surface area contributed by atoms with Crippen LogP contribution in [0.2, 0.25) is 0 Å². The third-order valence-electron chi connectivity index (χ3n) is 0. The molecule has 0 aliphatic rings. The molecule has 0 saturated heterocycles. The SMILES string of the molecule is O=S(O)(O)=S.OP(O)O.[H-].[K+]. The van der Waals surface area contributed by atoms with Gasteiger partial charge in [-0.25, -0.2) is 0 Å². The fourth-order valence-corrected chi connectivity index (χ4v) is 0. The van der Waals surface area contributed by atoms with Gasteiger partial charge in [-0.15, -0.1) is 0 Å². The van der Waals surface area contributed by atoms with Crippen molar-refractivity contribution in [3.8, 4) is 0 Å². The molecule has 0 atom stereocenters. The molecule has 0 saturated carbocycles. The van der Waals surface area contributed by atoms with Crippen molar-refractivity contribution in [3.63, 3.8) is 0 Å². The van der Waals surface area contributed by atoms with Crippen LogP contribution in [0.5, 0.6) is 0 Å². The largest absolute Gasteiger partial charge is 1.00 e. The first-order valence-corrected chi connectivity index (χ1v) is 4.90. The first-order chi connectivity index (χ1) is 3.73. The minimum Gasteiger partial charge on any atom is -1.00 e. The third kappa shape index (κ3) is 175. The van der Waals surface area contributed by atoms with Crippen molar-refractivity contribution in [3.05, 3.63) is 0 Å². The zero-order valence-corrected chi connectivity index (χ0v) is 10.6. The van der Waals surface area contributed by atoms with Gasteiger partial charge in [-0.2, -0.15) is 4.21 Å². The predicted octanol–water partition coefficient (Wildman–Crippen LogP) is -4.01. The van der Waals surface area contributed by atoms with E-state index in [1.165, 1.54) is 0 Å². The van der Waals surface area contributed by atoms with Crippen LogP contribution in [0.3, 0.4) is 0 Å². The molecule has 60 valence electrons. The fraction of sp³-hybridized carbons (Fsp3) is 0. The normalized spacial score (nSPS) is 9.40. The molecule has 0 spiro atoms. The summed E-state index contributed by atoms with van der Waals surface area (Å²) in [4.78, 5) is 21.7. The van der Waals surface area contributed by atoms with Gasteiger partial charge in [0, 0.05) is 11.2 Å². The van der Waals surface area contributed by atoms with E-state index < -0.39 is 17.7 Å². The van der Waals surface area contributed by atoms with Crippen LogP contribution in [-0.4, -0.2) is 28.0 Å². The van der Waals surface area contributed by atoms with Gasteiger partial charge in [-0.1, -0.05) is 0 Å². The number of hydrogen-bond acceptors (Lipinski definition) is 5. The van der Waals surface area contributed by atoms with Crippen molar-refractivity contribution < 1.29 is 80.8 Å². The van der Waals surface area contributed by atoms with E-state index in [0.717, 1.165) is 0 Å². The average molecular weight is 236 g/mol. The Labute approximate surface area is 108 Å². The van der Waals surface area contributed by atoms with Crippen molar-refractivity contribution in [1.29, 1.82) is 0 Å². The summed E-state index contributed by atoms with van der Waals surface area (Å²) in [6, 6.07) is 0. The van der Waals surface area contributed by atoms with Crippen LogP contribution in [-0.2, 0) is 20.2 Å². The zero-order chi connectivity index (χ0) is 8.08. The van der Waals surface area contributed by atoms with Gasteiger partial charge in [-0.05, 0) is 0 Å². The third-order valence-corrected chi connectivity index (χ3v) is 0. The second-order valence-corrected chi connectivity index (χ2v) is 3.45. The van der Waals surface area contributed by atoms with Crippen molar-refractivity contribution in [2.45, 2.75) is 0 Å². The number of rotatable bonds is 0. The topological polar surface area (TPSA) is 118 Å². The van der Waals surface area contributed by atoms with Crippen LogP contribution in [0, 0.1) is 0 Å². The average Bonchev–Trinajstić information content (AvgIpc) is 1.19. The van der Waals surface area contributed by atoms with E-state index in [9.17, 15) is 0 Å². The van der Waals surface area contributed by atoms with E-state index in [0.29, 0.717) is 0 Å². The molecule has 0 rings (SSSR count). The van der Waals surface area contributed by atoms with Crippen LogP contribution in [0.15, 0.2) is 0 Å². The minimum absolute atomic E-state index is 0. The molecule has 0 aromatic heterocycles. The Morgan fingerprint density at radius 1 is 1.30 bits per heavy atom. The summed E-state index contributed by atoms with van der Waals surface area (Å²) < 4.78 is 24.0. The van der Waals surface area contributed by atoms with E-state index in [-0.39, 0.29) is 52.8 Å². The second-order valence-electron chi connectivity index (χ2n) is 0.716. The Balaban J connectivity index is -0.0000000383. The van der Waals surface area contributed by atoms with Crippen molar-refractivity contribution in [2.75, 3.05) is 0 Å². The molecular weight excluding hydrogens is 230 g/mol. The zero-order valence-electron chi connectivity index (χ0n) is 5.91. The molecule has 10 heavy (non-hydrogen) atoms. The van der Waals surface area contributed by atoms with E-state index >= 15 is 0 Å². The molecule has 5 N–H and O–H groups in total. The van der Waals surface area contributed by atoms with Crippen LogP contribution in [0.25, 0.3) is 0 Å². The molecule has 0 unspecified atom stereocenters. The molecule has 0 heterocycles. The Morgan fingerprint density at radius 2 is 1.30 bits per heavy atom. The summed E-state index contributed by atoms with van der Waals surface area (Å²) in [5.41, 5.74) is 0. The van der Waals surface area contributed by atoms with Gasteiger partial charge in [-0.3, -0.25) is 9.11 Å². The monoisotopic (exact) mass is 236 g/mol. The van der Waals surface area contributed by atoms with Crippen LogP contribution in [0.4, 0.5) is 0 Å². The molecule has 10 heteroatoms. The smallest absolute Gasteiger partial charge is 1.00 e. The van der Waals surface area contributed by atoms with Gasteiger partial charge < -0.3 is 16.1 Å². The van der Waals surface area contributed by atoms with Crippen LogP contribution >= 0.6 is 8.60 Å². The molecular formula is H6KO6PS2. The maximum absolute atomic E-state index is 9.11. The summed E-state index contributed by atoms with van der Waals surface area (Å²) in [6.07, 6.45) is 0. The first kappa shape index (κ1) is 18.1. The van der Waals surface area contributed by atoms with Gasteiger partial charge in [0.1, 0.15) is 0 Å². The van der Waals surface area contributed by atoms with Gasteiger partial charge in [0.05, 0.1) is 0 Å². The van der Waals surface area contributed by atoms with Gasteiger partial charge in [0.15, 0.2) is 0 Å². The minimum atomic E-state index is -3.83. The van der Waals surface area contributed by atoms with E-state index in [2.05, 4.69) is 11.2 Å². The summed E-state index contributed by atoms with van der Waals surface area (Å²) >= 11 is 3.47. The van der Waals surface area contributed by atoms with Gasteiger partial charge in [0.2, 0.25) is 0 Å². The van der Waals surface area contributed by atoms with E-state index in [4.69, 9.17) is 28.0 Å². The molecule has 0 amide bonds. The predicted molar refractivity (Wildman–Crippen MR) is 35.5 cm³/mol.